The van der Waals surface area contributed by atoms with Gasteiger partial charge >= 0.3 is 11.9 Å². The van der Waals surface area contributed by atoms with E-state index in [1.165, 1.54) is 11.8 Å². The molecule has 1 atom stereocenters. The molecular weight excluding hydrogens is 228 g/mol. The molecule has 0 aliphatic heterocycles. The number of ether oxygens (including phenoxy) is 1. The lowest BCUT2D eigenvalue weighted by Crippen LogP contribution is -2.45. The van der Waals surface area contributed by atoms with Gasteiger partial charge in [0, 0.05) is 0 Å². The van der Waals surface area contributed by atoms with Gasteiger partial charge in [0.2, 0.25) is 0 Å². The summed E-state index contributed by atoms with van der Waals surface area (Å²) in [4.78, 5) is 23.2. The van der Waals surface area contributed by atoms with Crippen LogP contribution in [0, 0.1) is 11.3 Å². The van der Waals surface area contributed by atoms with E-state index in [-0.39, 0.29) is 12.5 Å². The van der Waals surface area contributed by atoms with Gasteiger partial charge in [0.05, 0.1) is 6.61 Å². The Morgan fingerprint density at radius 2 is 2.00 bits per heavy atom. The predicted octanol–water partition coefficient (Wildman–Crippen LogP) is 2.03. The first-order chi connectivity index (χ1) is 7.43. The summed E-state index contributed by atoms with van der Waals surface area (Å²) in [5.41, 5.74) is -1.40. The molecule has 1 N–H and O–H groups in total. The van der Waals surface area contributed by atoms with Gasteiger partial charge in [0.15, 0.2) is 5.41 Å². The minimum absolute atomic E-state index is 0.208. The number of hydrogen-bond donors (Lipinski definition) is 1. The quantitative estimate of drug-likeness (QED) is 0.551. The molecule has 94 valence electrons. The third kappa shape index (κ3) is 3.14. The summed E-state index contributed by atoms with van der Waals surface area (Å²) < 4.78 is 4.90. The molecule has 0 aromatic carbocycles. The number of aliphatic carboxylic acids is 1. The van der Waals surface area contributed by atoms with E-state index < -0.39 is 17.4 Å². The molecular formula is C11H20O4S. The first-order valence-electron chi connectivity index (χ1n) is 5.33. The van der Waals surface area contributed by atoms with Gasteiger partial charge in [0.25, 0.3) is 0 Å². The maximum Gasteiger partial charge on any atom is 0.323 e. The molecule has 0 heterocycles. The highest BCUT2D eigenvalue weighted by atomic mass is 32.2. The second kappa shape index (κ2) is 6.78. The normalized spacial score (nSPS) is 14.6. The van der Waals surface area contributed by atoms with Crippen molar-refractivity contribution in [1.29, 1.82) is 0 Å². The van der Waals surface area contributed by atoms with Crippen molar-refractivity contribution in [2.24, 2.45) is 11.3 Å². The third-order valence-corrected chi connectivity index (χ3v) is 3.32. The molecule has 16 heavy (non-hydrogen) atoms. The van der Waals surface area contributed by atoms with Crippen LogP contribution >= 0.6 is 11.8 Å². The fraction of sp³-hybridized carbons (Fsp3) is 0.818. The minimum atomic E-state index is -1.40. The Balaban J connectivity index is 5.09. The Labute approximate surface area is 101 Å². The van der Waals surface area contributed by atoms with Crippen LogP contribution < -0.4 is 0 Å². The van der Waals surface area contributed by atoms with Crippen LogP contribution in [-0.2, 0) is 14.3 Å². The Hall–Kier alpha value is -0.710. The molecule has 0 saturated heterocycles. The maximum absolute atomic E-state index is 11.8. The summed E-state index contributed by atoms with van der Waals surface area (Å²) in [5, 5.41) is 9.31. The van der Waals surface area contributed by atoms with E-state index in [9.17, 15) is 14.7 Å². The fourth-order valence-electron chi connectivity index (χ4n) is 1.59. The van der Waals surface area contributed by atoms with Gasteiger partial charge in [-0.3, -0.25) is 9.59 Å². The van der Waals surface area contributed by atoms with Crippen LogP contribution in [0.4, 0.5) is 0 Å². The average molecular weight is 248 g/mol. The lowest BCUT2D eigenvalue weighted by Gasteiger charge is -2.30. The Kier molecular flexibility index (Phi) is 6.48. The molecule has 0 aliphatic carbocycles. The van der Waals surface area contributed by atoms with Crippen molar-refractivity contribution in [3.05, 3.63) is 0 Å². The van der Waals surface area contributed by atoms with Gasteiger partial charge in [0.1, 0.15) is 0 Å². The summed E-state index contributed by atoms with van der Waals surface area (Å²) in [7, 11) is 0. The first-order valence-corrected chi connectivity index (χ1v) is 6.72. The van der Waals surface area contributed by atoms with Crippen LogP contribution in [-0.4, -0.2) is 35.7 Å². The van der Waals surface area contributed by atoms with Gasteiger partial charge in [-0.25, -0.2) is 0 Å². The van der Waals surface area contributed by atoms with Crippen molar-refractivity contribution >= 4 is 23.7 Å². The highest BCUT2D eigenvalue weighted by Gasteiger charge is 2.49. The summed E-state index contributed by atoms with van der Waals surface area (Å²) in [5.74, 6) is -1.36. The van der Waals surface area contributed by atoms with E-state index in [0.717, 1.165) is 0 Å². The van der Waals surface area contributed by atoms with E-state index in [4.69, 9.17) is 4.74 Å². The summed E-state index contributed by atoms with van der Waals surface area (Å²) in [6.07, 6.45) is 2.19. The monoisotopic (exact) mass is 248 g/mol. The molecule has 0 saturated carbocycles. The molecule has 0 radical (unpaired) electrons. The van der Waals surface area contributed by atoms with Crippen molar-refractivity contribution in [2.75, 3.05) is 18.6 Å². The van der Waals surface area contributed by atoms with Gasteiger partial charge in [-0.15, -0.1) is 0 Å². The van der Waals surface area contributed by atoms with E-state index in [2.05, 4.69) is 0 Å². The van der Waals surface area contributed by atoms with Gasteiger partial charge < -0.3 is 9.84 Å². The van der Waals surface area contributed by atoms with E-state index in [0.29, 0.717) is 12.2 Å². The molecule has 0 aromatic heterocycles. The zero-order valence-electron chi connectivity index (χ0n) is 10.3. The number of carboxylic acid groups (broad SMARTS) is 1. The molecule has 0 rings (SSSR count). The SMILES string of the molecule is CCOC(=O)C(CCSC)(C(=O)O)C(C)C. The largest absolute Gasteiger partial charge is 0.480 e. The van der Waals surface area contributed by atoms with Crippen LogP contribution in [0.3, 0.4) is 0 Å². The number of carbonyl (C=O) groups is 2. The number of esters is 1. The number of carboxylic acids is 1. The molecule has 0 amide bonds. The molecule has 0 bridgehead atoms. The Morgan fingerprint density at radius 1 is 1.44 bits per heavy atom. The maximum atomic E-state index is 11.8. The third-order valence-electron chi connectivity index (χ3n) is 2.71. The van der Waals surface area contributed by atoms with Crippen LogP contribution in [0.2, 0.25) is 0 Å². The number of carbonyl (C=O) groups excluding carboxylic acids is 1. The summed E-state index contributed by atoms with van der Waals surface area (Å²) >= 11 is 1.53. The van der Waals surface area contributed by atoms with Crippen molar-refractivity contribution in [3.8, 4) is 0 Å². The molecule has 1 unspecified atom stereocenters. The number of rotatable bonds is 7. The van der Waals surface area contributed by atoms with Crippen LogP contribution in [0.15, 0.2) is 0 Å². The van der Waals surface area contributed by atoms with Gasteiger partial charge in [-0.1, -0.05) is 13.8 Å². The first kappa shape index (κ1) is 15.3. The van der Waals surface area contributed by atoms with Crippen molar-refractivity contribution in [2.45, 2.75) is 27.2 Å². The zero-order chi connectivity index (χ0) is 12.8. The lowest BCUT2D eigenvalue weighted by atomic mass is 9.75. The smallest absolute Gasteiger partial charge is 0.323 e. The van der Waals surface area contributed by atoms with E-state index in [1.807, 2.05) is 6.26 Å². The Bertz CT molecular complexity index is 252. The second-order valence-corrected chi connectivity index (χ2v) is 4.88. The lowest BCUT2D eigenvalue weighted by molar-refractivity contribution is -0.172. The highest BCUT2D eigenvalue weighted by Crippen LogP contribution is 2.34. The van der Waals surface area contributed by atoms with Gasteiger partial charge in [-0.2, -0.15) is 11.8 Å². The molecule has 0 fully saturated rings. The summed E-state index contributed by atoms with van der Waals surface area (Å²) in [6.45, 7) is 5.37. The van der Waals surface area contributed by atoms with Crippen molar-refractivity contribution in [3.63, 3.8) is 0 Å². The molecule has 4 nitrogen and oxygen atoms in total. The standard InChI is InChI=1S/C11H20O4S/c1-5-15-10(14)11(8(2)3,9(12)13)6-7-16-4/h8H,5-7H2,1-4H3,(H,12,13). The molecule has 0 spiro atoms. The molecule has 0 aromatic rings. The summed E-state index contributed by atoms with van der Waals surface area (Å²) in [6, 6.07) is 0. The van der Waals surface area contributed by atoms with E-state index in [1.54, 1.807) is 20.8 Å². The number of thioether (sulfide) groups is 1. The van der Waals surface area contributed by atoms with E-state index >= 15 is 0 Å². The van der Waals surface area contributed by atoms with Crippen molar-refractivity contribution in [1.82, 2.24) is 0 Å². The van der Waals surface area contributed by atoms with Crippen LogP contribution in [0.25, 0.3) is 0 Å². The topological polar surface area (TPSA) is 63.6 Å². The molecule has 0 aliphatic rings. The minimum Gasteiger partial charge on any atom is -0.480 e. The molecule has 5 heteroatoms. The average Bonchev–Trinajstić information content (AvgIpc) is 2.18. The predicted molar refractivity (Wildman–Crippen MR) is 64.5 cm³/mol. The van der Waals surface area contributed by atoms with Crippen LogP contribution in [0.1, 0.15) is 27.2 Å². The van der Waals surface area contributed by atoms with Gasteiger partial charge in [-0.05, 0) is 31.3 Å². The van der Waals surface area contributed by atoms with Crippen molar-refractivity contribution < 1.29 is 19.4 Å². The Morgan fingerprint density at radius 3 is 2.31 bits per heavy atom. The highest BCUT2D eigenvalue weighted by molar-refractivity contribution is 7.98. The second-order valence-electron chi connectivity index (χ2n) is 3.89. The zero-order valence-corrected chi connectivity index (χ0v) is 11.1. The van der Waals surface area contributed by atoms with Crippen LogP contribution in [0.5, 0.6) is 0 Å². The fourth-order valence-corrected chi connectivity index (χ4v) is 2.12. The number of hydrogen-bond acceptors (Lipinski definition) is 4.